The molecular weight excluding hydrogens is 166 g/mol. The summed E-state index contributed by atoms with van der Waals surface area (Å²) in [6.45, 7) is 1.28. The van der Waals surface area contributed by atoms with Gasteiger partial charge in [0, 0.05) is 12.8 Å². The van der Waals surface area contributed by atoms with Crippen LogP contribution >= 0.6 is 0 Å². The van der Waals surface area contributed by atoms with Crippen molar-refractivity contribution in [3.63, 3.8) is 0 Å². The molecule has 1 aromatic carbocycles. The lowest BCUT2D eigenvalue weighted by Gasteiger charge is -2.09. The van der Waals surface area contributed by atoms with Gasteiger partial charge in [0.25, 0.3) is 6.47 Å². The Labute approximate surface area is 76.1 Å². The molecule has 0 unspecified atom stereocenters. The first-order valence-electron chi connectivity index (χ1n) is 4.13. The number of hydrogen-bond donors (Lipinski definition) is 0. The quantitative estimate of drug-likeness (QED) is 0.633. The highest BCUT2D eigenvalue weighted by Gasteiger charge is 2.05. The molecule has 0 bridgehead atoms. The molecule has 1 aliphatic heterocycles. The van der Waals surface area contributed by atoms with E-state index in [4.69, 9.17) is 4.74 Å². The van der Waals surface area contributed by atoms with Gasteiger partial charge in [-0.1, -0.05) is 6.07 Å². The number of rotatable bonds is 2. The highest BCUT2D eigenvalue weighted by molar-refractivity contribution is 5.83. The number of carbonyl (C=O) groups excluding carboxylic acids is 1. The summed E-state index contributed by atoms with van der Waals surface area (Å²) in [5.41, 5.74) is 2.30. The van der Waals surface area contributed by atoms with Crippen LogP contribution in [0.1, 0.15) is 11.1 Å². The van der Waals surface area contributed by atoms with Crippen LogP contribution in [0, 0.1) is 0 Å². The third-order valence-corrected chi connectivity index (χ3v) is 2.04. The highest BCUT2D eigenvalue weighted by atomic mass is 16.5. The van der Waals surface area contributed by atoms with Crippen molar-refractivity contribution in [3.8, 4) is 5.75 Å². The first kappa shape index (κ1) is 7.98. The second-order valence-corrected chi connectivity index (χ2v) is 2.86. The van der Waals surface area contributed by atoms with Crippen molar-refractivity contribution >= 4 is 12.7 Å². The van der Waals surface area contributed by atoms with Crippen LogP contribution < -0.4 is 4.74 Å². The lowest BCUT2D eigenvalue weighted by atomic mass is 10.0. The minimum absolute atomic E-state index is 0.432. The van der Waals surface area contributed by atoms with E-state index in [9.17, 15) is 4.79 Å². The summed E-state index contributed by atoms with van der Waals surface area (Å²) in [5.74, 6) is 0.571. The molecule has 0 fully saturated rings. The molecule has 0 amide bonds. The van der Waals surface area contributed by atoms with Crippen LogP contribution in [-0.4, -0.2) is 19.2 Å². The lowest BCUT2D eigenvalue weighted by Crippen LogP contribution is -2.03. The van der Waals surface area contributed by atoms with Crippen molar-refractivity contribution in [3.05, 3.63) is 29.3 Å². The number of ether oxygens (including phenoxy) is 1. The predicted octanol–water partition coefficient (Wildman–Crippen LogP) is 1.20. The Morgan fingerprint density at radius 2 is 2.38 bits per heavy atom. The number of hydrogen-bond acceptors (Lipinski definition) is 3. The van der Waals surface area contributed by atoms with Gasteiger partial charge in [0.2, 0.25) is 0 Å². The summed E-state index contributed by atoms with van der Waals surface area (Å²) in [4.78, 5) is 14.2. The van der Waals surface area contributed by atoms with Crippen LogP contribution in [0.4, 0.5) is 0 Å². The fraction of sp³-hybridized carbons (Fsp3) is 0.200. The van der Waals surface area contributed by atoms with E-state index in [-0.39, 0.29) is 0 Å². The number of carbonyl (C=O) groups is 1. The van der Waals surface area contributed by atoms with Gasteiger partial charge >= 0.3 is 0 Å². The molecule has 3 heteroatoms. The second-order valence-electron chi connectivity index (χ2n) is 2.86. The zero-order chi connectivity index (χ0) is 9.10. The molecule has 66 valence electrons. The average Bonchev–Trinajstić information content (AvgIpc) is 2.18. The van der Waals surface area contributed by atoms with Crippen LogP contribution in [0.15, 0.2) is 23.2 Å². The smallest absolute Gasteiger partial charge is 0.298 e. The van der Waals surface area contributed by atoms with Crippen LogP contribution in [-0.2, 0) is 11.2 Å². The van der Waals surface area contributed by atoms with E-state index in [0.717, 1.165) is 18.5 Å². The number of benzene rings is 1. The van der Waals surface area contributed by atoms with E-state index < -0.39 is 0 Å². The normalized spacial score (nSPS) is 13.5. The average molecular weight is 175 g/mol. The third-order valence-electron chi connectivity index (χ3n) is 2.04. The summed E-state index contributed by atoms with van der Waals surface area (Å²) < 4.78 is 4.73. The molecule has 0 saturated carbocycles. The molecule has 0 radical (unpaired) electrons. The Hall–Kier alpha value is -1.64. The van der Waals surface area contributed by atoms with Crippen molar-refractivity contribution in [2.24, 2.45) is 4.99 Å². The molecule has 1 aromatic rings. The van der Waals surface area contributed by atoms with Gasteiger partial charge in [-0.05, 0) is 29.7 Å². The predicted molar refractivity (Wildman–Crippen MR) is 49.3 cm³/mol. The minimum atomic E-state index is 0.432. The molecule has 0 aliphatic carbocycles. The first-order valence-corrected chi connectivity index (χ1v) is 4.13. The van der Waals surface area contributed by atoms with Gasteiger partial charge in [-0.25, -0.2) is 0 Å². The third kappa shape index (κ3) is 1.59. The molecule has 0 aromatic heterocycles. The second kappa shape index (κ2) is 3.39. The van der Waals surface area contributed by atoms with Gasteiger partial charge in [-0.15, -0.1) is 0 Å². The van der Waals surface area contributed by atoms with Crippen LogP contribution in [0.2, 0.25) is 0 Å². The van der Waals surface area contributed by atoms with Gasteiger partial charge in [-0.3, -0.25) is 9.79 Å². The molecule has 3 nitrogen and oxygen atoms in total. The largest absolute Gasteiger partial charge is 0.429 e. The van der Waals surface area contributed by atoms with Crippen LogP contribution in [0.3, 0.4) is 0 Å². The maximum Gasteiger partial charge on any atom is 0.298 e. The maximum atomic E-state index is 10.1. The van der Waals surface area contributed by atoms with E-state index in [1.807, 2.05) is 18.3 Å². The summed E-state index contributed by atoms with van der Waals surface area (Å²) in [6.07, 6.45) is 2.78. The standard InChI is InChI=1S/C10H9NO2/c12-7-13-10-2-1-8-3-4-11-6-9(8)5-10/h1-2,5-7H,3-4H2. The van der Waals surface area contributed by atoms with Crippen molar-refractivity contribution in [2.75, 3.05) is 6.54 Å². The molecular formula is C10H9NO2. The Morgan fingerprint density at radius 3 is 3.23 bits per heavy atom. The van der Waals surface area contributed by atoms with Gasteiger partial charge in [0.05, 0.1) is 0 Å². The molecule has 0 N–H and O–H groups in total. The van der Waals surface area contributed by atoms with E-state index in [1.54, 1.807) is 6.07 Å². The SMILES string of the molecule is O=COc1ccc2c(c1)C=NCC2. The fourth-order valence-corrected chi connectivity index (χ4v) is 1.40. The Kier molecular flexibility index (Phi) is 2.08. The number of aliphatic imine (C=N–C) groups is 1. The Balaban J connectivity index is 2.36. The molecule has 13 heavy (non-hydrogen) atoms. The van der Waals surface area contributed by atoms with Crippen molar-refractivity contribution in [1.82, 2.24) is 0 Å². The summed E-state index contributed by atoms with van der Waals surface area (Å²) in [5, 5.41) is 0. The zero-order valence-corrected chi connectivity index (χ0v) is 7.06. The van der Waals surface area contributed by atoms with Gasteiger partial charge in [0.15, 0.2) is 0 Å². The maximum absolute atomic E-state index is 10.1. The Morgan fingerprint density at radius 1 is 1.46 bits per heavy atom. The van der Waals surface area contributed by atoms with Crippen LogP contribution in [0.5, 0.6) is 5.75 Å². The lowest BCUT2D eigenvalue weighted by molar-refractivity contribution is -0.120. The minimum Gasteiger partial charge on any atom is -0.429 e. The molecule has 1 aliphatic rings. The van der Waals surface area contributed by atoms with Crippen molar-refractivity contribution in [2.45, 2.75) is 6.42 Å². The molecule has 0 spiro atoms. The number of fused-ring (bicyclic) bond motifs is 1. The van der Waals surface area contributed by atoms with Gasteiger partial charge in [-0.2, -0.15) is 0 Å². The molecule has 0 atom stereocenters. The summed E-state index contributed by atoms with van der Waals surface area (Å²) in [6, 6.07) is 5.60. The number of nitrogens with zero attached hydrogens (tertiary/aromatic N) is 1. The van der Waals surface area contributed by atoms with E-state index in [1.165, 1.54) is 5.56 Å². The molecule has 0 saturated heterocycles. The topological polar surface area (TPSA) is 38.7 Å². The highest BCUT2D eigenvalue weighted by Crippen LogP contribution is 2.18. The fourth-order valence-electron chi connectivity index (χ4n) is 1.40. The van der Waals surface area contributed by atoms with E-state index in [2.05, 4.69) is 4.99 Å². The van der Waals surface area contributed by atoms with Crippen molar-refractivity contribution in [1.29, 1.82) is 0 Å². The molecule has 2 rings (SSSR count). The monoisotopic (exact) mass is 175 g/mol. The Bertz CT molecular complexity index is 358. The van der Waals surface area contributed by atoms with E-state index >= 15 is 0 Å². The zero-order valence-electron chi connectivity index (χ0n) is 7.06. The summed E-state index contributed by atoms with van der Waals surface area (Å²) in [7, 11) is 0. The van der Waals surface area contributed by atoms with Gasteiger partial charge in [0.1, 0.15) is 5.75 Å². The van der Waals surface area contributed by atoms with Gasteiger partial charge < -0.3 is 4.74 Å². The molecule has 1 heterocycles. The first-order chi connectivity index (χ1) is 6.40. The van der Waals surface area contributed by atoms with Crippen LogP contribution in [0.25, 0.3) is 0 Å². The summed E-state index contributed by atoms with van der Waals surface area (Å²) >= 11 is 0. The van der Waals surface area contributed by atoms with Crippen molar-refractivity contribution < 1.29 is 9.53 Å². The van der Waals surface area contributed by atoms with E-state index in [0.29, 0.717) is 12.2 Å².